The highest BCUT2D eigenvalue weighted by molar-refractivity contribution is 7.90. The van der Waals surface area contributed by atoms with E-state index in [0.717, 1.165) is 22.0 Å². The number of fused-ring (bicyclic) bond motifs is 1. The minimum absolute atomic E-state index is 0.214. The largest absolute Gasteiger partial charge is 0.322 e. The van der Waals surface area contributed by atoms with Crippen LogP contribution in [0.15, 0.2) is 71.6 Å². The topological polar surface area (TPSA) is 66.5 Å². The van der Waals surface area contributed by atoms with Crippen molar-refractivity contribution in [2.75, 3.05) is 18.6 Å². The van der Waals surface area contributed by atoms with Crippen molar-refractivity contribution < 1.29 is 13.2 Å². The van der Waals surface area contributed by atoms with E-state index >= 15 is 0 Å². The zero-order valence-electron chi connectivity index (χ0n) is 15.5. The van der Waals surface area contributed by atoms with Gasteiger partial charge in [0.2, 0.25) is 0 Å². The number of amides is 2. The number of benzene rings is 3. The van der Waals surface area contributed by atoms with Gasteiger partial charge in [0, 0.05) is 18.7 Å². The average Bonchev–Trinajstić information content (AvgIpc) is 2.66. The second-order valence-corrected chi connectivity index (χ2v) is 8.60. The fourth-order valence-corrected chi connectivity index (χ4v) is 3.56. The standard InChI is InChI=1S/C21H22N2O3S/c1-15(16-11-13-18(14-12-16)27(3,25)26)23(2)21(24)22-20-10-6-8-17-7-4-5-9-19(17)20/h4-15H,1-3H3,(H,22,24)/t15-/m0/s1. The molecule has 6 heteroatoms. The van der Waals surface area contributed by atoms with Crippen molar-refractivity contribution in [1.29, 1.82) is 0 Å². The molecule has 3 rings (SSSR count). The van der Waals surface area contributed by atoms with E-state index in [4.69, 9.17) is 0 Å². The molecular weight excluding hydrogens is 360 g/mol. The van der Waals surface area contributed by atoms with E-state index in [1.807, 2.05) is 49.4 Å². The van der Waals surface area contributed by atoms with E-state index in [9.17, 15) is 13.2 Å². The van der Waals surface area contributed by atoms with Crippen LogP contribution in [0.3, 0.4) is 0 Å². The zero-order valence-corrected chi connectivity index (χ0v) is 16.3. The molecule has 0 fully saturated rings. The molecule has 3 aromatic carbocycles. The Hall–Kier alpha value is -2.86. The third-order valence-corrected chi connectivity index (χ3v) is 5.85. The molecule has 0 aliphatic heterocycles. The second kappa shape index (κ2) is 7.40. The number of rotatable bonds is 4. The first kappa shape index (κ1) is 18.9. The van der Waals surface area contributed by atoms with Gasteiger partial charge in [-0.05, 0) is 36.1 Å². The van der Waals surface area contributed by atoms with Gasteiger partial charge in [-0.15, -0.1) is 0 Å². The molecule has 2 amide bonds. The zero-order chi connectivity index (χ0) is 19.6. The van der Waals surface area contributed by atoms with Gasteiger partial charge in [-0.1, -0.05) is 48.5 Å². The van der Waals surface area contributed by atoms with Crippen LogP contribution < -0.4 is 5.32 Å². The third kappa shape index (κ3) is 4.11. The molecular formula is C21H22N2O3S. The first-order valence-corrected chi connectivity index (χ1v) is 10.5. The average molecular weight is 382 g/mol. The molecule has 1 atom stereocenters. The number of nitrogens with one attached hydrogen (secondary N) is 1. The summed E-state index contributed by atoms with van der Waals surface area (Å²) in [6, 6.07) is 19.8. The van der Waals surface area contributed by atoms with E-state index in [2.05, 4.69) is 5.32 Å². The van der Waals surface area contributed by atoms with Crippen molar-refractivity contribution in [2.45, 2.75) is 17.9 Å². The van der Waals surface area contributed by atoms with Crippen LogP contribution in [0.1, 0.15) is 18.5 Å². The Morgan fingerprint density at radius 1 is 0.963 bits per heavy atom. The first-order chi connectivity index (χ1) is 12.8. The molecule has 0 aliphatic rings. The highest BCUT2D eigenvalue weighted by Gasteiger charge is 2.19. The number of anilines is 1. The van der Waals surface area contributed by atoms with E-state index in [1.54, 1.807) is 36.2 Å². The van der Waals surface area contributed by atoms with Crippen LogP contribution in [-0.4, -0.2) is 32.7 Å². The van der Waals surface area contributed by atoms with Crippen LogP contribution in [0.2, 0.25) is 0 Å². The Balaban J connectivity index is 1.78. The Morgan fingerprint density at radius 3 is 2.26 bits per heavy atom. The fraction of sp³-hybridized carbons (Fsp3) is 0.190. The van der Waals surface area contributed by atoms with Crippen molar-refractivity contribution in [3.8, 4) is 0 Å². The minimum Gasteiger partial charge on any atom is -0.321 e. The van der Waals surface area contributed by atoms with Gasteiger partial charge in [0.05, 0.1) is 16.6 Å². The van der Waals surface area contributed by atoms with Crippen LogP contribution in [0.5, 0.6) is 0 Å². The van der Waals surface area contributed by atoms with E-state index in [0.29, 0.717) is 0 Å². The summed E-state index contributed by atoms with van der Waals surface area (Å²) in [6.07, 6.45) is 1.18. The van der Waals surface area contributed by atoms with Crippen LogP contribution >= 0.6 is 0 Å². The monoisotopic (exact) mass is 382 g/mol. The lowest BCUT2D eigenvalue weighted by Gasteiger charge is -2.26. The molecule has 0 unspecified atom stereocenters. The summed E-state index contributed by atoms with van der Waals surface area (Å²) in [4.78, 5) is 14.6. The SMILES string of the molecule is C[C@@H](c1ccc(S(C)(=O)=O)cc1)N(C)C(=O)Nc1cccc2ccccc12. The first-order valence-electron chi connectivity index (χ1n) is 8.59. The lowest BCUT2D eigenvalue weighted by Crippen LogP contribution is -2.33. The maximum absolute atomic E-state index is 12.7. The second-order valence-electron chi connectivity index (χ2n) is 6.58. The summed E-state index contributed by atoms with van der Waals surface area (Å²) >= 11 is 0. The van der Waals surface area contributed by atoms with Crippen molar-refractivity contribution >= 4 is 32.3 Å². The maximum atomic E-state index is 12.7. The van der Waals surface area contributed by atoms with Crippen molar-refractivity contribution in [3.05, 3.63) is 72.3 Å². The van der Waals surface area contributed by atoms with Gasteiger partial charge in [-0.25, -0.2) is 13.2 Å². The van der Waals surface area contributed by atoms with Gasteiger partial charge in [-0.2, -0.15) is 0 Å². The van der Waals surface area contributed by atoms with Crippen LogP contribution in [0.4, 0.5) is 10.5 Å². The Labute approximate surface area is 159 Å². The fourth-order valence-electron chi connectivity index (χ4n) is 2.93. The number of hydrogen-bond donors (Lipinski definition) is 1. The molecule has 0 saturated carbocycles. The van der Waals surface area contributed by atoms with Gasteiger partial charge >= 0.3 is 6.03 Å². The van der Waals surface area contributed by atoms with E-state index < -0.39 is 9.84 Å². The smallest absolute Gasteiger partial charge is 0.321 e. The molecule has 0 heterocycles. The summed E-state index contributed by atoms with van der Waals surface area (Å²) in [5.41, 5.74) is 1.61. The van der Waals surface area contributed by atoms with Crippen LogP contribution in [-0.2, 0) is 9.84 Å². The Morgan fingerprint density at radius 2 is 1.59 bits per heavy atom. The molecule has 0 radical (unpaired) electrons. The number of carbonyl (C=O) groups is 1. The number of urea groups is 1. The molecule has 1 N–H and O–H groups in total. The summed E-state index contributed by atoms with van der Waals surface area (Å²) in [6.45, 7) is 1.90. The lowest BCUT2D eigenvalue weighted by molar-refractivity contribution is 0.208. The van der Waals surface area contributed by atoms with Crippen molar-refractivity contribution in [1.82, 2.24) is 4.90 Å². The van der Waals surface area contributed by atoms with E-state index in [1.165, 1.54) is 6.26 Å². The van der Waals surface area contributed by atoms with Gasteiger partial charge < -0.3 is 10.2 Å². The quantitative estimate of drug-likeness (QED) is 0.724. The molecule has 27 heavy (non-hydrogen) atoms. The molecule has 0 bridgehead atoms. The van der Waals surface area contributed by atoms with Gasteiger partial charge in [0.25, 0.3) is 0 Å². The number of carbonyl (C=O) groups excluding carboxylic acids is 1. The Bertz CT molecular complexity index is 1070. The molecule has 3 aromatic rings. The van der Waals surface area contributed by atoms with E-state index in [-0.39, 0.29) is 17.0 Å². The molecule has 0 saturated heterocycles. The minimum atomic E-state index is -3.24. The Kier molecular flexibility index (Phi) is 5.19. The number of nitrogens with zero attached hydrogens (tertiary/aromatic N) is 1. The maximum Gasteiger partial charge on any atom is 0.322 e. The highest BCUT2D eigenvalue weighted by atomic mass is 32.2. The number of hydrogen-bond acceptors (Lipinski definition) is 3. The van der Waals surface area contributed by atoms with Crippen LogP contribution in [0.25, 0.3) is 10.8 Å². The molecule has 140 valence electrons. The molecule has 0 spiro atoms. The molecule has 0 aromatic heterocycles. The van der Waals surface area contributed by atoms with Gasteiger partial charge in [-0.3, -0.25) is 0 Å². The molecule has 0 aliphatic carbocycles. The van der Waals surface area contributed by atoms with Crippen molar-refractivity contribution in [2.24, 2.45) is 0 Å². The summed E-state index contributed by atoms with van der Waals surface area (Å²) < 4.78 is 23.2. The highest BCUT2D eigenvalue weighted by Crippen LogP contribution is 2.25. The lowest BCUT2D eigenvalue weighted by atomic mass is 10.1. The summed E-state index contributed by atoms with van der Waals surface area (Å²) in [5, 5.41) is 5.00. The summed E-state index contributed by atoms with van der Waals surface area (Å²) in [5.74, 6) is 0. The van der Waals surface area contributed by atoms with Gasteiger partial charge in [0.1, 0.15) is 0 Å². The third-order valence-electron chi connectivity index (χ3n) is 4.72. The predicted molar refractivity (Wildman–Crippen MR) is 109 cm³/mol. The van der Waals surface area contributed by atoms with Crippen LogP contribution in [0, 0.1) is 0 Å². The van der Waals surface area contributed by atoms with Gasteiger partial charge in [0.15, 0.2) is 9.84 Å². The normalized spacial score (nSPS) is 12.6. The summed E-state index contributed by atoms with van der Waals surface area (Å²) in [7, 11) is -1.52. The molecule has 5 nitrogen and oxygen atoms in total. The number of sulfone groups is 1. The van der Waals surface area contributed by atoms with Crippen molar-refractivity contribution in [3.63, 3.8) is 0 Å². The predicted octanol–water partition coefficient (Wildman–Crippen LogP) is 4.47.